The van der Waals surface area contributed by atoms with Crippen LogP contribution in [0.5, 0.6) is 0 Å². The van der Waals surface area contributed by atoms with E-state index < -0.39 is 10.0 Å². The molecular weight excluding hydrogens is 330 g/mol. The highest BCUT2D eigenvalue weighted by Gasteiger charge is 2.18. The Morgan fingerprint density at radius 3 is 2.83 bits per heavy atom. The van der Waals surface area contributed by atoms with Gasteiger partial charge in [-0.05, 0) is 37.4 Å². The van der Waals surface area contributed by atoms with Gasteiger partial charge in [0.2, 0.25) is 10.0 Å². The van der Waals surface area contributed by atoms with Gasteiger partial charge in [0.05, 0.1) is 15.7 Å². The molecular formula is C16H23N3O2S2. The first-order valence-corrected chi connectivity index (χ1v) is 10.6. The molecule has 0 spiro atoms. The topological polar surface area (TPSA) is 71.1 Å². The number of thiazole rings is 1. The number of sulfonamides is 1. The van der Waals surface area contributed by atoms with Gasteiger partial charge in [0, 0.05) is 13.1 Å². The van der Waals surface area contributed by atoms with Gasteiger partial charge in [0.1, 0.15) is 4.90 Å². The van der Waals surface area contributed by atoms with E-state index in [1.807, 2.05) is 6.07 Å². The zero-order valence-corrected chi connectivity index (χ0v) is 14.8. The van der Waals surface area contributed by atoms with E-state index in [1.54, 1.807) is 17.6 Å². The fraction of sp³-hybridized carbons (Fsp3) is 0.562. The number of fused-ring (bicyclic) bond motifs is 1. The van der Waals surface area contributed by atoms with Gasteiger partial charge in [-0.2, -0.15) is 0 Å². The Balaban J connectivity index is 1.50. The van der Waals surface area contributed by atoms with Crippen LogP contribution in [0.1, 0.15) is 32.1 Å². The molecule has 1 aliphatic rings. The molecule has 5 nitrogen and oxygen atoms in total. The molecule has 0 amide bonds. The molecule has 23 heavy (non-hydrogen) atoms. The third kappa shape index (κ3) is 4.29. The van der Waals surface area contributed by atoms with Gasteiger partial charge in [-0.1, -0.05) is 25.3 Å². The third-order valence-electron chi connectivity index (χ3n) is 4.36. The van der Waals surface area contributed by atoms with Crippen molar-refractivity contribution >= 4 is 31.6 Å². The average molecular weight is 354 g/mol. The summed E-state index contributed by atoms with van der Waals surface area (Å²) in [7, 11) is -3.48. The molecule has 0 radical (unpaired) electrons. The Morgan fingerprint density at radius 1 is 1.17 bits per heavy atom. The van der Waals surface area contributed by atoms with Gasteiger partial charge >= 0.3 is 0 Å². The molecule has 1 heterocycles. The van der Waals surface area contributed by atoms with Crippen molar-refractivity contribution in [3.8, 4) is 0 Å². The maximum absolute atomic E-state index is 12.4. The van der Waals surface area contributed by atoms with Crippen molar-refractivity contribution in [1.82, 2.24) is 15.0 Å². The minimum Gasteiger partial charge on any atom is -0.315 e. The molecule has 1 aromatic carbocycles. The summed E-state index contributed by atoms with van der Waals surface area (Å²) in [4.78, 5) is 4.49. The summed E-state index contributed by atoms with van der Waals surface area (Å²) in [6.45, 7) is 2.06. The predicted octanol–water partition coefficient (Wildman–Crippen LogP) is 2.74. The van der Waals surface area contributed by atoms with E-state index >= 15 is 0 Å². The smallest absolute Gasteiger partial charge is 0.242 e. The van der Waals surface area contributed by atoms with Crippen LogP contribution in [-0.4, -0.2) is 33.0 Å². The van der Waals surface area contributed by atoms with Crippen LogP contribution in [0.25, 0.3) is 10.2 Å². The number of hydrogen-bond acceptors (Lipinski definition) is 5. The van der Waals surface area contributed by atoms with Crippen LogP contribution in [0.2, 0.25) is 0 Å². The lowest BCUT2D eigenvalue weighted by Gasteiger charge is -2.21. The van der Waals surface area contributed by atoms with Gasteiger partial charge in [0.25, 0.3) is 0 Å². The highest BCUT2D eigenvalue weighted by Crippen LogP contribution is 2.25. The standard InChI is InChI=1S/C16H23N3O2S2/c20-23(21,15-8-4-7-14-16(15)22-12-18-14)19-10-9-17-11-13-5-2-1-3-6-13/h4,7-8,12-13,17,19H,1-3,5-6,9-11H2. The molecule has 126 valence electrons. The molecule has 0 bridgehead atoms. The molecule has 2 aromatic rings. The maximum atomic E-state index is 12.4. The Labute approximate surface area is 141 Å². The van der Waals surface area contributed by atoms with Gasteiger partial charge in [-0.3, -0.25) is 0 Å². The average Bonchev–Trinajstić information content (AvgIpc) is 3.04. The number of nitrogens with zero attached hydrogens (tertiary/aromatic N) is 1. The zero-order chi connectivity index (χ0) is 16.1. The van der Waals surface area contributed by atoms with E-state index in [0.29, 0.717) is 18.0 Å². The molecule has 0 saturated heterocycles. The molecule has 0 unspecified atom stereocenters. The van der Waals surface area contributed by atoms with Crippen molar-refractivity contribution in [1.29, 1.82) is 0 Å². The van der Waals surface area contributed by atoms with E-state index in [9.17, 15) is 8.42 Å². The minimum absolute atomic E-state index is 0.324. The van der Waals surface area contributed by atoms with E-state index in [2.05, 4.69) is 15.0 Å². The van der Waals surface area contributed by atoms with Gasteiger partial charge in [-0.15, -0.1) is 11.3 Å². The molecule has 1 aliphatic carbocycles. The third-order valence-corrected chi connectivity index (χ3v) is 6.87. The van der Waals surface area contributed by atoms with Crippen LogP contribution < -0.4 is 10.0 Å². The monoisotopic (exact) mass is 353 g/mol. The number of rotatable bonds is 7. The fourth-order valence-electron chi connectivity index (χ4n) is 3.12. The SMILES string of the molecule is O=S(=O)(NCCNCC1CCCCC1)c1cccc2ncsc12. The Kier molecular flexibility index (Phi) is 5.63. The quantitative estimate of drug-likeness (QED) is 0.751. The molecule has 2 N–H and O–H groups in total. The maximum Gasteiger partial charge on any atom is 0.242 e. The summed E-state index contributed by atoms with van der Waals surface area (Å²) in [6.07, 6.45) is 6.62. The minimum atomic E-state index is -3.48. The Hall–Kier alpha value is -1.02. The molecule has 0 aliphatic heterocycles. The number of hydrogen-bond donors (Lipinski definition) is 2. The second kappa shape index (κ2) is 7.70. The lowest BCUT2D eigenvalue weighted by Crippen LogP contribution is -2.34. The van der Waals surface area contributed by atoms with Crippen molar-refractivity contribution in [2.75, 3.05) is 19.6 Å². The number of aromatic nitrogens is 1. The second-order valence-electron chi connectivity index (χ2n) is 6.06. The van der Waals surface area contributed by atoms with Crippen molar-refractivity contribution in [2.45, 2.75) is 37.0 Å². The normalized spacial score (nSPS) is 16.9. The number of benzene rings is 1. The van der Waals surface area contributed by atoms with E-state index in [4.69, 9.17) is 0 Å². The summed E-state index contributed by atoms with van der Waals surface area (Å²) in [6, 6.07) is 5.20. The van der Waals surface area contributed by atoms with Gasteiger partial charge in [-0.25, -0.2) is 18.1 Å². The fourth-order valence-corrected chi connectivity index (χ4v) is 5.42. The highest BCUT2D eigenvalue weighted by atomic mass is 32.2. The summed E-state index contributed by atoms with van der Waals surface area (Å²) >= 11 is 1.36. The summed E-state index contributed by atoms with van der Waals surface area (Å²) in [5, 5.41) is 3.37. The van der Waals surface area contributed by atoms with Gasteiger partial charge < -0.3 is 5.32 Å². The summed E-state index contributed by atoms with van der Waals surface area (Å²) in [5.41, 5.74) is 2.41. The van der Waals surface area contributed by atoms with Crippen LogP contribution in [-0.2, 0) is 10.0 Å². The first kappa shape index (κ1) is 16.8. The lowest BCUT2D eigenvalue weighted by molar-refractivity contribution is 0.343. The first-order valence-electron chi connectivity index (χ1n) is 8.19. The van der Waals surface area contributed by atoms with Crippen LogP contribution in [0.4, 0.5) is 0 Å². The largest absolute Gasteiger partial charge is 0.315 e. The van der Waals surface area contributed by atoms with Crippen molar-refractivity contribution in [3.05, 3.63) is 23.7 Å². The summed E-state index contributed by atoms with van der Waals surface area (Å²) < 4.78 is 28.3. The van der Waals surface area contributed by atoms with Crippen molar-refractivity contribution in [2.24, 2.45) is 5.92 Å². The zero-order valence-electron chi connectivity index (χ0n) is 13.1. The van der Waals surface area contributed by atoms with Gasteiger partial charge in [0.15, 0.2) is 0 Å². The highest BCUT2D eigenvalue weighted by molar-refractivity contribution is 7.90. The van der Waals surface area contributed by atoms with Crippen LogP contribution >= 0.6 is 11.3 Å². The summed E-state index contributed by atoms with van der Waals surface area (Å²) in [5.74, 6) is 0.756. The first-order chi connectivity index (χ1) is 11.2. The Bertz CT molecular complexity index is 737. The molecule has 1 fully saturated rings. The van der Waals surface area contributed by atoms with E-state index in [0.717, 1.165) is 22.7 Å². The molecule has 0 atom stereocenters. The molecule has 1 aromatic heterocycles. The van der Waals surface area contributed by atoms with Crippen LogP contribution in [0.15, 0.2) is 28.6 Å². The second-order valence-corrected chi connectivity index (χ2v) is 8.65. The molecule has 7 heteroatoms. The number of nitrogens with one attached hydrogen (secondary N) is 2. The molecule has 3 rings (SSSR count). The van der Waals surface area contributed by atoms with Crippen molar-refractivity contribution in [3.63, 3.8) is 0 Å². The molecule has 1 saturated carbocycles. The predicted molar refractivity (Wildman–Crippen MR) is 94.3 cm³/mol. The lowest BCUT2D eigenvalue weighted by atomic mass is 9.89. The van der Waals surface area contributed by atoms with E-state index in [1.165, 1.54) is 43.4 Å². The van der Waals surface area contributed by atoms with Crippen LogP contribution in [0, 0.1) is 5.92 Å². The van der Waals surface area contributed by atoms with E-state index in [-0.39, 0.29) is 0 Å². The Morgan fingerprint density at radius 2 is 2.00 bits per heavy atom. The van der Waals surface area contributed by atoms with Crippen molar-refractivity contribution < 1.29 is 8.42 Å². The van der Waals surface area contributed by atoms with Crippen LogP contribution in [0.3, 0.4) is 0 Å².